The predicted octanol–water partition coefficient (Wildman–Crippen LogP) is 2.10. The maximum Gasteiger partial charge on any atom is 0.500 e. The Balaban J connectivity index is 0.000000291. The number of hydrogen-bond donors (Lipinski definition) is 0. The summed E-state index contributed by atoms with van der Waals surface area (Å²) in [5.74, 6) is 0. The van der Waals surface area contributed by atoms with E-state index in [-0.39, 0.29) is 0 Å². The fourth-order valence-corrected chi connectivity index (χ4v) is 6.32. The van der Waals surface area contributed by atoms with Gasteiger partial charge in [0.15, 0.2) is 0 Å². The molecule has 11 heteroatoms. The van der Waals surface area contributed by atoms with Gasteiger partial charge < -0.3 is 40.8 Å². The minimum Gasteiger partial charge on any atom is -0.379 e. The van der Waals surface area contributed by atoms with Crippen molar-refractivity contribution in [2.45, 2.75) is 50.0 Å². The van der Waals surface area contributed by atoms with Gasteiger partial charge >= 0.3 is 17.6 Å². The van der Waals surface area contributed by atoms with Crippen molar-refractivity contribution in [1.82, 2.24) is 0 Å². The molecular weight excluding hydrogens is 416 g/mol. The van der Waals surface area contributed by atoms with Crippen LogP contribution in [0.25, 0.3) is 0 Å². The highest BCUT2D eigenvalue weighted by molar-refractivity contribution is 6.60. The zero-order valence-corrected chi connectivity index (χ0v) is 20.9. The largest absolute Gasteiger partial charge is 0.500 e. The van der Waals surface area contributed by atoms with E-state index in [2.05, 4.69) is 0 Å². The highest BCUT2D eigenvalue weighted by Gasteiger charge is 2.37. The van der Waals surface area contributed by atoms with Crippen LogP contribution in [0.5, 0.6) is 0 Å². The van der Waals surface area contributed by atoms with Crippen molar-refractivity contribution < 1.29 is 40.8 Å². The number of rotatable bonds is 17. The average molecular weight is 457 g/mol. The maximum atomic E-state index is 5.42. The van der Waals surface area contributed by atoms with Gasteiger partial charge in [-0.25, -0.2) is 0 Å². The van der Waals surface area contributed by atoms with Gasteiger partial charge in [0.25, 0.3) is 0 Å². The monoisotopic (exact) mass is 456 g/mol. The lowest BCUT2D eigenvalue weighted by atomic mass is 10.2. The Bertz CT molecular complexity index is 384. The molecule has 0 bridgehead atoms. The van der Waals surface area contributed by atoms with E-state index in [9.17, 15) is 0 Å². The van der Waals surface area contributed by atoms with Crippen LogP contribution in [0.1, 0.15) is 25.7 Å². The normalized spacial score (nSPS) is 20.9. The van der Waals surface area contributed by atoms with Crippen LogP contribution in [0, 0.1) is 0 Å². The molecule has 174 valence electrons. The van der Waals surface area contributed by atoms with E-state index >= 15 is 0 Å². The standard InChI is InChI=1S/C9H20O5Si.C9H20O4Si/c1-10-15(11-2,12-3)6-4-5-13-7-9-8-14-9;1-10-14(11-2,12-3)7-5-4-6-9-8-13-9/h9H,4-8H2,1-3H3;9H,4-8H2,1-3H3. The number of hydrogen-bond acceptors (Lipinski definition) is 9. The van der Waals surface area contributed by atoms with Crippen molar-refractivity contribution in [3.63, 3.8) is 0 Å². The number of epoxide rings is 2. The third-order valence-electron chi connectivity index (χ3n) is 5.01. The van der Waals surface area contributed by atoms with E-state index < -0.39 is 17.6 Å². The molecule has 2 atom stereocenters. The first-order chi connectivity index (χ1) is 14.0. The first-order valence-corrected chi connectivity index (χ1v) is 14.0. The van der Waals surface area contributed by atoms with Crippen LogP contribution in [0.4, 0.5) is 0 Å². The van der Waals surface area contributed by atoms with Crippen molar-refractivity contribution in [3.8, 4) is 0 Å². The molecule has 0 aromatic heterocycles. The Kier molecular flexibility index (Phi) is 14.0. The Morgan fingerprint density at radius 2 is 1.10 bits per heavy atom. The molecule has 0 N–H and O–H groups in total. The lowest BCUT2D eigenvalue weighted by Gasteiger charge is -2.24. The van der Waals surface area contributed by atoms with Crippen LogP contribution in [0.15, 0.2) is 0 Å². The van der Waals surface area contributed by atoms with Crippen LogP contribution >= 0.6 is 0 Å². The van der Waals surface area contributed by atoms with E-state index in [0.717, 1.165) is 51.0 Å². The second-order valence-corrected chi connectivity index (χ2v) is 13.1. The van der Waals surface area contributed by atoms with Gasteiger partial charge in [-0.05, 0) is 19.3 Å². The lowest BCUT2D eigenvalue weighted by molar-refractivity contribution is 0.100. The van der Waals surface area contributed by atoms with Gasteiger partial charge in [-0.3, -0.25) is 0 Å². The third kappa shape index (κ3) is 11.3. The molecular formula is C18H40O9Si2. The average Bonchev–Trinajstić information content (AvgIpc) is 3.68. The minimum absolute atomic E-state index is 0.333. The molecule has 2 unspecified atom stereocenters. The summed E-state index contributed by atoms with van der Waals surface area (Å²) < 4.78 is 47.4. The minimum atomic E-state index is -2.39. The molecule has 0 amide bonds. The highest BCUT2D eigenvalue weighted by Crippen LogP contribution is 2.21. The smallest absolute Gasteiger partial charge is 0.379 e. The summed E-state index contributed by atoms with van der Waals surface area (Å²) in [5.41, 5.74) is 0. The maximum absolute atomic E-state index is 5.42. The molecule has 2 aliphatic heterocycles. The summed E-state index contributed by atoms with van der Waals surface area (Å²) >= 11 is 0. The van der Waals surface area contributed by atoms with Crippen molar-refractivity contribution in [3.05, 3.63) is 0 Å². The fraction of sp³-hybridized carbons (Fsp3) is 1.00. The molecule has 2 heterocycles. The van der Waals surface area contributed by atoms with Gasteiger partial charge in [-0.1, -0.05) is 6.42 Å². The van der Waals surface area contributed by atoms with Gasteiger partial charge in [0.2, 0.25) is 0 Å². The summed E-state index contributed by atoms with van der Waals surface area (Å²) in [6, 6.07) is 1.67. The molecule has 0 aromatic carbocycles. The Morgan fingerprint density at radius 3 is 1.52 bits per heavy atom. The number of ether oxygens (including phenoxy) is 3. The van der Waals surface area contributed by atoms with Crippen molar-refractivity contribution >= 4 is 17.6 Å². The molecule has 9 nitrogen and oxygen atoms in total. The summed E-state index contributed by atoms with van der Waals surface area (Å²) in [4.78, 5) is 0. The van der Waals surface area contributed by atoms with Gasteiger partial charge in [-0.2, -0.15) is 0 Å². The van der Waals surface area contributed by atoms with E-state index in [4.69, 9.17) is 40.8 Å². The summed E-state index contributed by atoms with van der Waals surface area (Å²) in [7, 11) is 5.14. The summed E-state index contributed by atoms with van der Waals surface area (Å²) in [6.07, 6.45) is 5.14. The summed E-state index contributed by atoms with van der Waals surface area (Å²) in [6.45, 7) is 3.18. The second kappa shape index (κ2) is 15.0. The van der Waals surface area contributed by atoms with Crippen LogP contribution in [-0.2, 0) is 40.8 Å². The quantitative estimate of drug-likeness (QED) is 0.185. The molecule has 0 aromatic rings. The Morgan fingerprint density at radius 1 is 0.655 bits per heavy atom. The molecule has 0 aliphatic carbocycles. The Labute approximate surface area is 177 Å². The fourth-order valence-electron chi connectivity index (χ4n) is 2.83. The van der Waals surface area contributed by atoms with Gasteiger partial charge in [0.1, 0.15) is 6.10 Å². The van der Waals surface area contributed by atoms with Gasteiger partial charge in [-0.15, -0.1) is 0 Å². The zero-order chi connectivity index (χ0) is 21.6. The molecule has 0 spiro atoms. The van der Waals surface area contributed by atoms with Crippen LogP contribution in [-0.4, -0.2) is 98.9 Å². The van der Waals surface area contributed by atoms with Crippen LogP contribution < -0.4 is 0 Å². The molecule has 2 saturated heterocycles. The highest BCUT2D eigenvalue weighted by atomic mass is 28.4. The first-order valence-electron chi connectivity index (χ1n) is 10.1. The molecule has 2 rings (SSSR count). The van der Waals surface area contributed by atoms with Crippen LogP contribution in [0.3, 0.4) is 0 Å². The first kappa shape index (κ1) is 27.1. The molecule has 2 aliphatic rings. The van der Waals surface area contributed by atoms with E-state index in [1.54, 1.807) is 42.7 Å². The topological polar surface area (TPSA) is 89.7 Å². The van der Waals surface area contributed by atoms with E-state index in [1.165, 1.54) is 0 Å². The van der Waals surface area contributed by atoms with E-state index in [1.807, 2.05) is 0 Å². The van der Waals surface area contributed by atoms with Gasteiger partial charge in [0.05, 0.1) is 25.9 Å². The number of unbranched alkanes of at least 4 members (excludes halogenated alkanes) is 1. The molecule has 0 radical (unpaired) electrons. The molecule has 0 saturated carbocycles. The van der Waals surface area contributed by atoms with Gasteiger partial charge in [0, 0.05) is 61.4 Å². The summed E-state index contributed by atoms with van der Waals surface area (Å²) in [5, 5.41) is 0. The van der Waals surface area contributed by atoms with E-state index in [0.29, 0.717) is 25.4 Å². The van der Waals surface area contributed by atoms with Crippen molar-refractivity contribution in [2.75, 3.05) is 69.1 Å². The third-order valence-corrected chi connectivity index (χ3v) is 10.7. The lowest BCUT2D eigenvalue weighted by Crippen LogP contribution is -2.42. The van der Waals surface area contributed by atoms with Crippen molar-refractivity contribution in [1.29, 1.82) is 0 Å². The van der Waals surface area contributed by atoms with Crippen LogP contribution in [0.2, 0.25) is 12.1 Å². The SMILES string of the molecule is CO[Si](CCCCC1CO1)(OC)OC.CO[Si](CCCOCC1CO1)(OC)OC. The zero-order valence-electron chi connectivity index (χ0n) is 18.9. The molecule has 29 heavy (non-hydrogen) atoms. The van der Waals surface area contributed by atoms with Crippen molar-refractivity contribution in [2.24, 2.45) is 0 Å². The second-order valence-electron chi connectivity index (χ2n) is 6.93. The Hall–Kier alpha value is 0.0738. The molecule has 2 fully saturated rings. The predicted molar refractivity (Wildman–Crippen MR) is 112 cm³/mol.